The predicted octanol–water partition coefficient (Wildman–Crippen LogP) is 3.22. The van der Waals surface area contributed by atoms with Crippen molar-refractivity contribution < 1.29 is 17.9 Å². The van der Waals surface area contributed by atoms with Crippen LogP contribution in [0.5, 0.6) is 0 Å². The Hall–Kier alpha value is -2.06. The van der Waals surface area contributed by atoms with Gasteiger partial charge in [0.15, 0.2) is 6.10 Å². The van der Waals surface area contributed by atoms with Crippen molar-refractivity contribution in [3.05, 3.63) is 40.9 Å². The minimum Gasteiger partial charge on any atom is -0.444 e. The molecule has 0 unspecified atom stereocenters. The molecular weight excluding hydrogens is 430 g/mol. The van der Waals surface area contributed by atoms with Gasteiger partial charge in [-0.15, -0.1) is 12.8 Å². The Bertz CT molecular complexity index is 869. The highest BCUT2D eigenvalue weighted by atomic mass is 79.9. The summed E-state index contributed by atoms with van der Waals surface area (Å²) < 4.78 is 32.6. The maximum absolute atomic E-state index is 12.7. The van der Waals surface area contributed by atoms with Crippen LogP contribution < -0.4 is 0 Å². The topological polar surface area (TPSA) is 63.7 Å². The summed E-state index contributed by atoms with van der Waals surface area (Å²) in [6, 6.07) is 6.25. The van der Waals surface area contributed by atoms with Crippen molar-refractivity contribution in [1.29, 1.82) is 0 Å². The van der Waals surface area contributed by atoms with Gasteiger partial charge < -0.3 is 4.74 Å². The van der Waals surface area contributed by atoms with E-state index in [9.17, 15) is 13.2 Å². The van der Waals surface area contributed by atoms with Crippen LogP contribution in [0.3, 0.4) is 0 Å². The van der Waals surface area contributed by atoms with Crippen molar-refractivity contribution in [2.45, 2.75) is 31.8 Å². The summed E-state index contributed by atoms with van der Waals surface area (Å²) in [7, 11) is -3.77. The average molecular weight is 452 g/mol. The van der Waals surface area contributed by atoms with Crippen LogP contribution in [0.1, 0.15) is 20.8 Å². The van der Waals surface area contributed by atoms with E-state index < -0.39 is 27.5 Å². The monoisotopic (exact) mass is 451 g/mol. The summed E-state index contributed by atoms with van der Waals surface area (Å²) >= 11 is 3.27. The van der Waals surface area contributed by atoms with Gasteiger partial charge in [-0.2, -0.15) is 4.31 Å². The molecule has 0 aliphatic heterocycles. The van der Waals surface area contributed by atoms with Crippen LogP contribution in [-0.4, -0.2) is 37.9 Å². The van der Waals surface area contributed by atoms with E-state index >= 15 is 0 Å². The molecule has 0 bridgehead atoms. The van der Waals surface area contributed by atoms with E-state index in [0.717, 1.165) is 8.78 Å². The fourth-order valence-corrected chi connectivity index (χ4v) is 3.40. The van der Waals surface area contributed by atoms with Crippen molar-refractivity contribution in [1.82, 2.24) is 4.31 Å². The van der Waals surface area contributed by atoms with Crippen LogP contribution in [-0.2, 0) is 19.6 Å². The van der Waals surface area contributed by atoms with E-state index in [0.29, 0.717) is 0 Å². The SMILES string of the molecule is C#CCN(C/C=C/[C@H](C#C)OC(=O)C(C)(C)C)S(=O)(=O)c1ccc(Br)cc1. The lowest BCUT2D eigenvalue weighted by molar-refractivity contribution is -0.154. The van der Waals surface area contributed by atoms with Gasteiger partial charge in [-0.1, -0.05) is 33.8 Å². The molecule has 1 rings (SSSR count). The van der Waals surface area contributed by atoms with Crippen LogP contribution in [0, 0.1) is 30.1 Å². The van der Waals surface area contributed by atoms with Crippen molar-refractivity contribution in [2.75, 3.05) is 13.1 Å². The van der Waals surface area contributed by atoms with Gasteiger partial charge >= 0.3 is 5.97 Å². The first-order valence-electron chi connectivity index (χ1n) is 8.05. The van der Waals surface area contributed by atoms with E-state index in [1.54, 1.807) is 32.9 Å². The Morgan fingerprint density at radius 1 is 1.30 bits per heavy atom. The first kappa shape index (κ1) is 23.0. The average Bonchev–Trinajstić information content (AvgIpc) is 2.59. The van der Waals surface area contributed by atoms with Gasteiger partial charge in [0.2, 0.25) is 10.0 Å². The Morgan fingerprint density at radius 2 is 1.89 bits per heavy atom. The number of benzene rings is 1. The lowest BCUT2D eigenvalue weighted by Gasteiger charge is -2.20. The Labute approximate surface area is 170 Å². The number of sulfonamides is 1. The van der Waals surface area contributed by atoms with Crippen LogP contribution in [0.15, 0.2) is 45.8 Å². The summed E-state index contributed by atoms with van der Waals surface area (Å²) in [5, 5.41) is 0. The third-order valence-electron chi connectivity index (χ3n) is 3.35. The second-order valence-corrected chi connectivity index (χ2v) is 9.48. The van der Waals surface area contributed by atoms with Crippen LogP contribution in [0.25, 0.3) is 0 Å². The highest BCUT2D eigenvalue weighted by molar-refractivity contribution is 9.10. The Kier molecular flexibility index (Phi) is 8.30. The van der Waals surface area contributed by atoms with E-state index in [2.05, 4.69) is 27.8 Å². The number of nitrogens with zero attached hydrogens (tertiary/aromatic N) is 1. The number of hydrogen-bond acceptors (Lipinski definition) is 4. The molecule has 0 fully saturated rings. The van der Waals surface area contributed by atoms with E-state index in [-0.39, 0.29) is 18.0 Å². The number of hydrogen-bond donors (Lipinski definition) is 0. The van der Waals surface area contributed by atoms with Crippen molar-refractivity contribution >= 4 is 31.9 Å². The number of terminal acetylenes is 2. The van der Waals surface area contributed by atoms with Crippen LogP contribution in [0.4, 0.5) is 0 Å². The molecule has 0 saturated heterocycles. The molecule has 0 heterocycles. The first-order chi connectivity index (χ1) is 12.5. The summed E-state index contributed by atoms with van der Waals surface area (Å²) in [5.41, 5.74) is -0.691. The molecule has 5 nitrogen and oxygen atoms in total. The number of rotatable bonds is 7. The Morgan fingerprint density at radius 3 is 2.37 bits per heavy atom. The van der Waals surface area contributed by atoms with Crippen LogP contribution in [0.2, 0.25) is 0 Å². The smallest absolute Gasteiger partial charge is 0.312 e. The Balaban J connectivity index is 2.92. The zero-order valence-electron chi connectivity index (χ0n) is 15.5. The number of carbonyl (C=O) groups excluding carboxylic acids is 1. The summed E-state index contributed by atoms with van der Waals surface area (Å²) in [6.07, 6.45) is 12.8. The molecule has 7 heteroatoms. The molecule has 27 heavy (non-hydrogen) atoms. The molecule has 1 aromatic rings. The molecule has 0 radical (unpaired) electrons. The molecule has 0 aromatic heterocycles. The van der Waals surface area contributed by atoms with Crippen molar-refractivity contribution in [2.24, 2.45) is 5.41 Å². The van der Waals surface area contributed by atoms with Crippen molar-refractivity contribution in [3.8, 4) is 24.7 Å². The normalized spacial score (nSPS) is 13.1. The third-order valence-corrected chi connectivity index (χ3v) is 5.70. The molecule has 1 atom stereocenters. The molecule has 0 amide bonds. The summed E-state index contributed by atoms with van der Waals surface area (Å²) in [6.45, 7) is 5.03. The number of esters is 1. The third kappa shape index (κ3) is 6.88. The fraction of sp³-hybridized carbons (Fsp3) is 0.350. The number of carbonyl (C=O) groups is 1. The molecule has 0 aliphatic rings. The standard InChI is InChI=1S/C20H22BrNO4S/c1-6-14-22(27(24,25)18-12-10-16(21)11-13-18)15-8-9-17(7-2)26-19(23)20(3,4)5/h1-2,8-13,17H,14-15H2,3-5H3/b9-8+/t17-/m0/s1. The molecular formula is C20H22BrNO4S. The molecule has 0 aliphatic carbocycles. The van der Waals surface area contributed by atoms with Gasteiger partial charge in [0.1, 0.15) is 0 Å². The highest BCUT2D eigenvalue weighted by Crippen LogP contribution is 2.19. The number of ether oxygens (including phenoxy) is 1. The van der Waals surface area contributed by atoms with Gasteiger partial charge in [0.25, 0.3) is 0 Å². The molecule has 0 saturated carbocycles. The second-order valence-electron chi connectivity index (χ2n) is 6.63. The van der Waals surface area contributed by atoms with E-state index in [4.69, 9.17) is 17.6 Å². The molecule has 0 spiro atoms. The van der Waals surface area contributed by atoms with Gasteiger partial charge in [0.05, 0.1) is 16.9 Å². The largest absolute Gasteiger partial charge is 0.444 e. The van der Waals surface area contributed by atoms with Crippen LogP contribution >= 0.6 is 15.9 Å². The lowest BCUT2D eigenvalue weighted by atomic mass is 9.97. The maximum Gasteiger partial charge on any atom is 0.312 e. The zero-order chi connectivity index (χ0) is 20.7. The van der Waals surface area contributed by atoms with Gasteiger partial charge in [-0.3, -0.25) is 4.79 Å². The molecule has 1 aromatic carbocycles. The second kappa shape index (κ2) is 9.75. The van der Waals surface area contributed by atoms with Gasteiger partial charge in [-0.05, 0) is 51.1 Å². The predicted molar refractivity (Wildman–Crippen MR) is 109 cm³/mol. The lowest BCUT2D eigenvalue weighted by Crippen LogP contribution is -2.32. The van der Waals surface area contributed by atoms with E-state index in [1.807, 2.05) is 0 Å². The van der Waals surface area contributed by atoms with E-state index in [1.165, 1.54) is 24.3 Å². The minimum atomic E-state index is -3.77. The molecule has 144 valence electrons. The quantitative estimate of drug-likeness (QED) is 0.362. The summed E-state index contributed by atoms with van der Waals surface area (Å²) in [4.78, 5) is 12.0. The van der Waals surface area contributed by atoms with Crippen molar-refractivity contribution in [3.63, 3.8) is 0 Å². The fourth-order valence-electron chi connectivity index (χ4n) is 1.83. The maximum atomic E-state index is 12.7. The number of halogens is 1. The summed E-state index contributed by atoms with van der Waals surface area (Å²) in [5.74, 6) is 4.24. The first-order valence-corrected chi connectivity index (χ1v) is 10.3. The van der Waals surface area contributed by atoms with Gasteiger partial charge in [0, 0.05) is 11.0 Å². The molecule has 0 N–H and O–H groups in total. The minimum absolute atomic E-state index is 0.00611. The zero-order valence-corrected chi connectivity index (χ0v) is 17.9. The highest BCUT2D eigenvalue weighted by Gasteiger charge is 2.25. The van der Waals surface area contributed by atoms with Gasteiger partial charge in [-0.25, -0.2) is 8.42 Å².